The fourth-order valence-electron chi connectivity index (χ4n) is 5.98. The Bertz CT molecular complexity index is 774. The lowest BCUT2D eigenvalue weighted by Crippen LogP contribution is -2.14. The van der Waals surface area contributed by atoms with Crippen LogP contribution in [0.1, 0.15) is 141 Å². The molecule has 0 heterocycles. The first-order chi connectivity index (χ1) is 17.2. The molecule has 0 N–H and O–H groups in total. The molecule has 1 aliphatic carbocycles. The molecule has 0 aliphatic heterocycles. The Morgan fingerprint density at radius 3 is 1.69 bits per heavy atom. The highest BCUT2D eigenvalue weighted by molar-refractivity contribution is 5.64. The molecule has 0 saturated heterocycles. The maximum absolute atomic E-state index is 2.41. The van der Waals surface area contributed by atoms with E-state index in [1.807, 2.05) is 0 Å². The first-order valence-corrected chi connectivity index (χ1v) is 15.3. The lowest BCUT2D eigenvalue weighted by molar-refractivity contribution is 0.293. The third kappa shape index (κ3) is 10.5. The third-order valence-electron chi connectivity index (χ3n) is 8.49. The van der Waals surface area contributed by atoms with Gasteiger partial charge in [0.1, 0.15) is 0 Å². The number of aryl methyl sites for hydroxylation is 1. The lowest BCUT2D eigenvalue weighted by atomic mass is 9.76. The molecule has 0 radical (unpaired) electrons. The van der Waals surface area contributed by atoms with E-state index in [1.54, 1.807) is 5.56 Å². The number of benzene rings is 2. The Balaban J connectivity index is 1.34. The summed E-state index contributed by atoms with van der Waals surface area (Å²) < 4.78 is 0. The van der Waals surface area contributed by atoms with Gasteiger partial charge < -0.3 is 0 Å². The van der Waals surface area contributed by atoms with Crippen molar-refractivity contribution in [2.24, 2.45) is 11.8 Å². The van der Waals surface area contributed by atoms with Crippen molar-refractivity contribution < 1.29 is 0 Å². The van der Waals surface area contributed by atoms with E-state index in [1.165, 1.54) is 126 Å². The Morgan fingerprint density at radius 1 is 0.629 bits per heavy atom. The fraction of sp³-hybridized carbons (Fsp3) is 0.657. The molecule has 0 amide bonds. The predicted octanol–water partition coefficient (Wildman–Crippen LogP) is 11.5. The molecule has 3 rings (SSSR count). The van der Waals surface area contributed by atoms with Gasteiger partial charge in [-0.3, -0.25) is 0 Å². The Hall–Kier alpha value is -1.56. The average molecular weight is 475 g/mol. The molecule has 0 nitrogen and oxygen atoms in total. The van der Waals surface area contributed by atoms with Crippen LogP contribution in [0.5, 0.6) is 0 Å². The molecule has 0 atom stereocenters. The largest absolute Gasteiger partial charge is 0.0654 e. The van der Waals surface area contributed by atoms with Crippen LogP contribution in [0.2, 0.25) is 0 Å². The van der Waals surface area contributed by atoms with E-state index in [0.29, 0.717) is 0 Å². The van der Waals surface area contributed by atoms with Gasteiger partial charge in [-0.15, -0.1) is 0 Å². The van der Waals surface area contributed by atoms with E-state index < -0.39 is 0 Å². The maximum atomic E-state index is 2.41. The molecule has 1 saturated carbocycles. The molecule has 0 heteroatoms. The predicted molar refractivity (Wildman–Crippen MR) is 156 cm³/mol. The van der Waals surface area contributed by atoms with Crippen LogP contribution in [0.15, 0.2) is 48.5 Å². The molecular weight excluding hydrogens is 420 g/mol. The van der Waals surface area contributed by atoms with E-state index in [2.05, 4.69) is 69.3 Å². The van der Waals surface area contributed by atoms with Crippen molar-refractivity contribution in [2.75, 3.05) is 0 Å². The second-order valence-electron chi connectivity index (χ2n) is 11.9. The van der Waals surface area contributed by atoms with Gasteiger partial charge in [-0.1, -0.05) is 140 Å². The van der Waals surface area contributed by atoms with Gasteiger partial charge in [0.25, 0.3) is 0 Å². The molecule has 0 unspecified atom stereocenters. The van der Waals surface area contributed by atoms with Crippen LogP contribution in [-0.4, -0.2) is 0 Å². The van der Waals surface area contributed by atoms with Crippen molar-refractivity contribution in [3.8, 4) is 11.1 Å². The second kappa shape index (κ2) is 16.2. The quantitative estimate of drug-likeness (QED) is 0.212. The highest BCUT2D eigenvalue weighted by atomic mass is 14.3. The standard InChI is InChI=1S/C35H54/c1-4-5-6-7-8-9-10-11-12-13-14-30-17-21-32(22-18-30)34-25-27-35(28-26-34)33-23-19-31(20-24-33)16-15-29(2)3/h17-18,21-22,25-29,31,33H,4-16,19-20,23-24H2,1-3H3. The van der Waals surface area contributed by atoms with Gasteiger partial charge in [0.15, 0.2) is 0 Å². The van der Waals surface area contributed by atoms with E-state index in [9.17, 15) is 0 Å². The van der Waals surface area contributed by atoms with Crippen molar-refractivity contribution in [2.45, 2.75) is 136 Å². The van der Waals surface area contributed by atoms with Gasteiger partial charge in [0.2, 0.25) is 0 Å². The van der Waals surface area contributed by atoms with E-state index >= 15 is 0 Å². The highest BCUT2D eigenvalue weighted by Gasteiger charge is 2.22. The molecule has 0 spiro atoms. The van der Waals surface area contributed by atoms with E-state index in [0.717, 1.165) is 17.8 Å². The zero-order chi connectivity index (χ0) is 24.7. The zero-order valence-electron chi connectivity index (χ0n) is 23.4. The average Bonchev–Trinajstić information content (AvgIpc) is 2.89. The summed E-state index contributed by atoms with van der Waals surface area (Å²) >= 11 is 0. The van der Waals surface area contributed by atoms with Gasteiger partial charge in [-0.2, -0.15) is 0 Å². The minimum atomic E-state index is 0.780. The molecule has 0 bridgehead atoms. The van der Waals surface area contributed by atoms with Gasteiger partial charge >= 0.3 is 0 Å². The van der Waals surface area contributed by atoms with Gasteiger partial charge in [0, 0.05) is 0 Å². The molecule has 1 fully saturated rings. The van der Waals surface area contributed by atoms with E-state index in [-0.39, 0.29) is 0 Å². The Labute approximate surface area is 218 Å². The summed E-state index contributed by atoms with van der Waals surface area (Å²) in [6.45, 7) is 7.02. The van der Waals surface area contributed by atoms with Gasteiger partial charge in [-0.05, 0) is 78.5 Å². The lowest BCUT2D eigenvalue weighted by Gasteiger charge is -2.29. The molecule has 2 aromatic carbocycles. The van der Waals surface area contributed by atoms with Crippen LogP contribution >= 0.6 is 0 Å². The van der Waals surface area contributed by atoms with Crippen molar-refractivity contribution in [3.63, 3.8) is 0 Å². The van der Waals surface area contributed by atoms with Gasteiger partial charge in [0.05, 0.1) is 0 Å². The number of hydrogen-bond donors (Lipinski definition) is 0. The zero-order valence-corrected chi connectivity index (χ0v) is 23.4. The number of rotatable bonds is 16. The van der Waals surface area contributed by atoms with Gasteiger partial charge in [-0.25, -0.2) is 0 Å². The summed E-state index contributed by atoms with van der Waals surface area (Å²) in [5.74, 6) is 2.61. The summed E-state index contributed by atoms with van der Waals surface area (Å²) in [4.78, 5) is 0. The van der Waals surface area contributed by atoms with Crippen LogP contribution in [0, 0.1) is 11.8 Å². The van der Waals surface area contributed by atoms with Crippen molar-refractivity contribution in [1.29, 1.82) is 0 Å². The minimum Gasteiger partial charge on any atom is -0.0654 e. The van der Waals surface area contributed by atoms with Crippen molar-refractivity contribution in [3.05, 3.63) is 59.7 Å². The maximum Gasteiger partial charge on any atom is -0.0162 e. The fourth-order valence-corrected chi connectivity index (χ4v) is 5.98. The molecule has 35 heavy (non-hydrogen) atoms. The molecule has 194 valence electrons. The third-order valence-corrected chi connectivity index (χ3v) is 8.49. The first kappa shape index (κ1) is 28.0. The van der Waals surface area contributed by atoms with Crippen LogP contribution < -0.4 is 0 Å². The summed E-state index contributed by atoms with van der Waals surface area (Å²) in [5, 5.41) is 0. The topological polar surface area (TPSA) is 0 Å². The number of hydrogen-bond acceptors (Lipinski definition) is 0. The summed E-state index contributed by atoms with van der Waals surface area (Å²) in [7, 11) is 0. The summed E-state index contributed by atoms with van der Waals surface area (Å²) in [5.41, 5.74) is 5.79. The Kier molecular flexibility index (Phi) is 13.0. The molecule has 2 aromatic rings. The first-order valence-electron chi connectivity index (χ1n) is 15.3. The van der Waals surface area contributed by atoms with Crippen LogP contribution in [0.4, 0.5) is 0 Å². The van der Waals surface area contributed by atoms with Crippen LogP contribution in [0.3, 0.4) is 0 Å². The Morgan fingerprint density at radius 2 is 1.14 bits per heavy atom. The van der Waals surface area contributed by atoms with Crippen molar-refractivity contribution >= 4 is 0 Å². The summed E-state index contributed by atoms with van der Waals surface area (Å²) in [6.07, 6.45) is 23.8. The number of unbranched alkanes of at least 4 members (excludes halogenated alkanes) is 9. The van der Waals surface area contributed by atoms with Crippen LogP contribution in [-0.2, 0) is 6.42 Å². The minimum absolute atomic E-state index is 0.780. The SMILES string of the molecule is CCCCCCCCCCCCc1ccc(-c2ccc(C3CCC(CCC(C)C)CC3)cc2)cc1. The smallest absolute Gasteiger partial charge is 0.0162 e. The monoisotopic (exact) mass is 474 g/mol. The second-order valence-corrected chi connectivity index (χ2v) is 11.9. The van der Waals surface area contributed by atoms with Crippen LogP contribution in [0.25, 0.3) is 11.1 Å². The summed E-state index contributed by atoms with van der Waals surface area (Å²) in [6, 6.07) is 18.9. The molecule has 0 aromatic heterocycles. The highest BCUT2D eigenvalue weighted by Crippen LogP contribution is 2.38. The molecule has 1 aliphatic rings. The normalized spacial score (nSPS) is 18.3. The molecular formula is C35H54. The van der Waals surface area contributed by atoms with E-state index in [4.69, 9.17) is 0 Å². The van der Waals surface area contributed by atoms with Crippen molar-refractivity contribution in [1.82, 2.24) is 0 Å².